The second-order valence-corrected chi connectivity index (χ2v) is 7.27. The van der Waals surface area contributed by atoms with E-state index in [4.69, 9.17) is 0 Å². The van der Waals surface area contributed by atoms with Gasteiger partial charge in [0.15, 0.2) is 5.82 Å². The Bertz CT molecular complexity index is 570. The molecule has 2 aliphatic heterocycles. The largest absolute Gasteiger partial charge is 0.338 e. The zero-order chi connectivity index (χ0) is 16.2. The van der Waals surface area contributed by atoms with Crippen molar-refractivity contribution >= 4 is 29.5 Å². The van der Waals surface area contributed by atoms with E-state index in [-0.39, 0.29) is 11.9 Å². The van der Waals surface area contributed by atoms with Gasteiger partial charge in [0.25, 0.3) is 5.91 Å². The molecule has 2 N–H and O–H groups in total. The van der Waals surface area contributed by atoms with Gasteiger partial charge in [-0.15, -0.1) is 0 Å². The number of piperidine rings is 1. The third-order valence-corrected chi connectivity index (χ3v) is 5.53. The first kappa shape index (κ1) is 16.2. The second kappa shape index (κ2) is 7.25. The molecule has 3 amide bonds. The third kappa shape index (κ3) is 3.99. The quantitative estimate of drug-likeness (QED) is 0.858. The zero-order valence-corrected chi connectivity index (χ0v) is 14.1. The predicted molar refractivity (Wildman–Crippen MR) is 90.5 cm³/mol. The number of anilines is 1. The Labute approximate surface area is 140 Å². The maximum atomic E-state index is 12.6. The number of aromatic nitrogens is 2. The van der Waals surface area contributed by atoms with E-state index < -0.39 is 6.04 Å². The van der Waals surface area contributed by atoms with Gasteiger partial charge in [-0.25, -0.2) is 4.79 Å². The molecule has 2 aliphatic rings. The lowest BCUT2D eigenvalue weighted by atomic mass is 10.0. The molecule has 3 rings (SSSR count). The van der Waals surface area contributed by atoms with Gasteiger partial charge in [0, 0.05) is 32.4 Å². The van der Waals surface area contributed by atoms with E-state index in [1.54, 1.807) is 9.58 Å². The fourth-order valence-corrected chi connectivity index (χ4v) is 4.26. The number of hydrogen-bond acceptors (Lipinski definition) is 4. The number of amides is 3. The van der Waals surface area contributed by atoms with Gasteiger partial charge in [0.1, 0.15) is 6.04 Å². The molecule has 0 unspecified atom stereocenters. The predicted octanol–water partition coefficient (Wildman–Crippen LogP) is 0.968. The molecular formula is C15H23N5O2S. The summed E-state index contributed by atoms with van der Waals surface area (Å²) >= 11 is 1.93. The molecule has 8 heteroatoms. The molecule has 0 spiro atoms. The van der Waals surface area contributed by atoms with Crippen molar-refractivity contribution in [3.05, 3.63) is 12.3 Å². The van der Waals surface area contributed by atoms with Crippen molar-refractivity contribution < 1.29 is 9.59 Å². The molecule has 1 aromatic rings. The number of thioether (sulfide) groups is 1. The van der Waals surface area contributed by atoms with Gasteiger partial charge in [-0.05, 0) is 36.7 Å². The van der Waals surface area contributed by atoms with Gasteiger partial charge >= 0.3 is 6.03 Å². The smallest absolute Gasteiger partial charge is 0.315 e. The van der Waals surface area contributed by atoms with Crippen LogP contribution in [0, 0.1) is 5.92 Å². The van der Waals surface area contributed by atoms with Gasteiger partial charge in [0.05, 0.1) is 0 Å². The molecule has 2 fully saturated rings. The Hall–Kier alpha value is -1.70. The van der Waals surface area contributed by atoms with Crippen LogP contribution in [0.1, 0.15) is 19.3 Å². The van der Waals surface area contributed by atoms with Crippen LogP contribution in [0.2, 0.25) is 0 Å². The summed E-state index contributed by atoms with van der Waals surface area (Å²) in [6.07, 6.45) is 4.49. The van der Waals surface area contributed by atoms with Crippen molar-refractivity contribution in [1.29, 1.82) is 0 Å². The summed E-state index contributed by atoms with van der Waals surface area (Å²) in [5.41, 5.74) is 0. The summed E-state index contributed by atoms with van der Waals surface area (Å²) in [4.78, 5) is 26.3. The number of nitrogens with one attached hydrogen (secondary N) is 2. The van der Waals surface area contributed by atoms with Crippen LogP contribution in [0.25, 0.3) is 0 Å². The molecule has 2 atom stereocenters. The standard InChI is InChI=1S/C15H23N5O2S/c1-19-7-4-13(18-19)20-6-2-3-12(14(20)21)17-15(22)16-9-11-5-8-23-10-11/h4,7,11-12H,2-3,5-6,8-10H2,1H3,(H2,16,17,22)/t11-,12-/m1/s1. The zero-order valence-electron chi connectivity index (χ0n) is 13.3. The lowest BCUT2D eigenvalue weighted by molar-refractivity contribution is -0.121. The topological polar surface area (TPSA) is 79.3 Å². The summed E-state index contributed by atoms with van der Waals surface area (Å²) < 4.78 is 1.67. The van der Waals surface area contributed by atoms with Crippen molar-refractivity contribution in [2.75, 3.05) is 29.5 Å². The van der Waals surface area contributed by atoms with E-state index in [0.29, 0.717) is 31.2 Å². The number of carbonyl (C=O) groups excluding carboxylic acids is 2. The van der Waals surface area contributed by atoms with Crippen LogP contribution < -0.4 is 15.5 Å². The molecule has 7 nitrogen and oxygen atoms in total. The van der Waals surface area contributed by atoms with Crippen LogP contribution in [-0.2, 0) is 11.8 Å². The highest BCUT2D eigenvalue weighted by molar-refractivity contribution is 7.99. The lowest BCUT2D eigenvalue weighted by Crippen LogP contribution is -2.55. The number of nitrogens with zero attached hydrogens (tertiary/aromatic N) is 3. The fraction of sp³-hybridized carbons (Fsp3) is 0.667. The maximum absolute atomic E-state index is 12.6. The molecule has 0 bridgehead atoms. The number of hydrogen-bond donors (Lipinski definition) is 2. The van der Waals surface area contributed by atoms with Gasteiger partial charge in [-0.1, -0.05) is 0 Å². The fourth-order valence-electron chi connectivity index (χ4n) is 2.97. The lowest BCUT2D eigenvalue weighted by Gasteiger charge is -2.31. The minimum Gasteiger partial charge on any atom is -0.338 e. The van der Waals surface area contributed by atoms with E-state index in [0.717, 1.165) is 18.6 Å². The first-order chi connectivity index (χ1) is 11.1. The van der Waals surface area contributed by atoms with E-state index >= 15 is 0 Å². The number of aryl methyl sites for hydroxylation is 1. The van der Waals surface area contributed by atoms with Crippen molar-refractivity contribution in [3.63, 3.8) is 0 Å². The highest BCUT2D eigenvalue weighted by Gasteiger charge is 2.31. The van der Waals surface area contributed by atoms with Crippen molar-refractivity contribution in [2.24, 2.45) is 13.0 Å². The average molecular weight is 337 g/mol. The monoisotopic (exact) mass is 337 g/mol. The van der Waals surface area contributed by atoms with Crippen LogP contribution in [0.4, 0.5) is 10.6 Å². The van der Waals surface area contributed by atoms with Gasteiger partial charge in [-0.3, -0.25) is 14.4 Å². The van der Waals surface area contributed by atoms with Crippen LogP contribution in [-0.4, -0.2) is 52.4 Å². The molecule has 0 aromatic carbocycles. The molecule has 23 heavy (non-hydrogen) atoms. The van der Waals surface area contributed by atoms with E-state index in [9.17, 15) is 9.59 Å². The third-order valence-electron chi connectivity index (χ3n) is 4.30. The SMILES string of the molecule is Cn1ccc(N2CCC[C@@H](NC(=O)NC[C@H]3CCSC3)C2=O)n1. The maximum Gasteiger partial charge on any atom is 0.315 e. The van der Waals surface area contributed by atoms with Crippen molar-refractivity contribution in [3.8, 4) is 0 Å². The normalized spacial score (nSPS) is 24.7. The number of carbonyl (C=O) groups is 2. The molecule has 3 heterocycles. The Balaban J connectivity index is 1.52. The summed E-state index contributed by atoms with van der Waals surface area (Å²) in [6, 6.07) is 1.10. The minimum absolute atomic E-state index is 0.0819. The Kier molecular flexibility index (Phi) is 5.09. The molecular weight excluding hydrogens is 314 g/mol. The average Bonchev–Trinajstić information content (AvgIpc) is 3.19. The molecule has 2 saturated heterocycles. The highest BCUT2D eigenvalue weighted by atomic mass is 32.2. The molecule has 0 radical (unpaired) electrons. The van der Waals surface area contributed by atoms with Gasteiger partial charge < -0.3 is 10.6 Å². The molecule has 126 valence electrons. The van der Waals surface area contributed by atoms with Crippen LogP contribution >= 0.6 is 11.8 Å². The van der Waals surface area contributed by atoms with E-state index in [2.05, 4.69) is 15.7 Å². The van der Waals surface area contributed by atoms with E-state index in [1.807, 2.05) is 31.1 Å². The van der Waals surface area contributed by atoms with Crippen molar-refractivity contribution in [2.45, 2.75) is 25.3 Å². The van der Waals surface area contributed by atoms with Crippen LogP contribution in [0.5, 0.6) is 0 Å². The van der Waals surface area contributed by atoms with Crippen LogP contribution in [0.15, 0.2) is 12.3 Å². The second-order valence-electron chi connectivity index (χ2n) is 6.12. The first-order valence-corrected chi connectivity index (χ1v) is 9.22. The van der Waals surface area contributed by atoms with Crippen LogP contribution in [0.3, 0.4) is 0 Å². The summed E-state index contributed by atoms with van der Waals surface area (Å²) in [5, 5.41) is 9.99. The molecule has 1 aromatic heterocycles. The number of rotatable bonds is 4. The summed E-state index contributed by atoms with van der Waals surface area (Å²) in [7, 11) is 1.82. The number of urea groups is 1. The Morgan fingerprint density at radius 3 is 3.04 bits per heavy atom. The Morgan fingerprint density at radius 1 is 1.48 bits per heavy atom. The summed E-state index contributed by atoms with van der Waals surface area (Å²) in [5.74, 6) is 3.40. The molecule has 0 aliphatic carbocycles. The van der Waals surface area contributed by atoms with Gasteiger partial charge in [-0.2, -0.15) is 16.9 Å². The molecule has 0 saturated carbocycles. The highest BCUT2D eigenvalue weighted by Crippen LogP contribution is 2.22. The van der Waals surface area contributed by atoms with E-state index in [1.165, 1.54) is 5.75 Å². The minimum atomic E-state index is -0.469. The summed E-state index contributed by atoms with van der Waals surface area (Å²) in [6.45, 7) is 1.33. The van der Waals surface area contributed by atoms with Crippen molar-refractivity contribution in [1.82, 2.24) is 20.4 Å². The van der Waals surface area contributed by atoms with Gasteiger partial charge in [0.2, 0.25) is 0 Å². The first-order valence-electron chi connectivity index (χ1n) is 8.06. The Morgan fingerprint density at radius 2 is 2.35 bits per heavy atom.